The first-order chi connectivity index (χ1) is 9.98. The average molecular weight is 302 g/mol. The molecule has 0 saturated heterocycles. The number of fused-ring (bicyclic) bond motifs is 1. The van der Waals surface area contributed by atoms with Gasteiger partial charge in [-0.2, -0.15) is 0 Å². The van der Waals surface area contributed by atoms with Crippen LogP contribution in [0.25, 0.3) is 0 Å². The van der Waals surface area contributed by atoms with E-state index in [1.165, 1.54) is 0 Å². The highest BCUT2D eigenvalue weighted by atomic mass is 35.5. The minimum Gasteiger partial charge on any atom is -0.479 e. The van der Waals surface area contributed by atoms with E-state index >= 15 is 0 Å². The molecule has 1 unspecified atom stereocenters. The number of hydrogen-bond donors (Lipinski definition) is 2. The first kappa shape index (κ1) is 14.0. The molecule has 2 aromatic rings. The van der Waals surface area contributed by atoms with Gasteiger partial charge in [-0.25, -0.2) is 4.79 Å². The fourth-order valence-corrected chi connectivity index (χ4v) is 3.05. The largest absolute Gasteiger partial charge is 0.479 e. The summed E-state index contributed by atoms with van der Waals surface area (Å²) in [6, 6.07) is 13.3. The minimum absolute atomic E-state index is 0.437. The normalized spacial score (nSPS) is 20.1. The molecule has 0 bridgehead atoms. The molecule has 0 aromatic heterocycles. The van der Waals surface area contributed by atoms with Crippen molar-refractivity contribution >= 4 is 23.3 Å². The molecule has 0 heterocycles. The van der Waals surface area contributed by atoms with Gasteiger partial charge in [-0.05, 0) is 42.3 Å². The standard InChI is InChI=1S/C17H16ClNO2/c1-11-2-6-15(7-3-11)19-17(16(20)21)9-12-4-5-14(18)8-13(12)10-17/h2-8,19H,9-10H2,1H3,(H,20,21). The number of carbonyl (C=O) groups is 1. The average Bonchev–Trinajstić information content (AvgIpc) is 2.80. The van der Waals surface area contributed by atoms with Gasteiger partial charge < -0.3 is 10.4 Å². The van der Waals surface area contributed by atoms with Gasteiger partial charge in [-0.15, -0.1) is 0 Å². The van der Waals surface area contributed by atoms with Crippen LogP contribution in [0.4, 0.5) is 5.69 Å². The number of aryl methyl sites for hydroxylation is 1. The molecule has 0 fully saturated rings. The Morgan fingerprint density at radius 3 is 2.48 bits per heavy atom. The summed E-state index contributed by atoms with van der Waals surface area (Å²) < 4.78 is 0. The third-order valence-electron chi connectivity index (χ3n) is 4.00. The van der Waals surface area contributed by atoms with Crippen LogP contribution in [-0.2, 0) is 17.6 Å². The molecule has 3 rings (SSSR count). The summed E-state index contributed by atoms with van der Waals surface area (Å²) in [6.07, 6.45) is 0.898. The summed E-state index contributed by atoms with van der Waals surface area (Å²) in [5.41, 5.74) is 3.02. The topological polar surface area (TPSA) is 49.3 Å². The fourth-order valence-electron chi connectivity index (χ4n) is 2.85. The quantitative estimate of drug-likeness (QED) is 0.909. The number of benzene rings is 2. The summed E-state index contributed by atoms with van der Waals surface area (Å²) in [7, 11) is 0. The Balaban J connectivity index is 1.93. The predicted molar refractivity (Wildman–Crippen MR) is 84.0 cm³/mol. The van der Waals surface area contributed by atoms with E-state index in [0.29, 0.717) is 17.9 Å². The third kappa shape index (κ3) is 2.61. The minimum atomic E-state index is -0.998. The van der Waals surface area contributed by atoms with Gasteiger partial charge in [0.15, 0.2) is 0 Å². The van der Waals surface area contributed by atoms with Crippen molar-refractivity contribution in [3.63, 3.8) is 0 Å². The number of hydrogen-bond acceptors (Lipinski definition) is 2. The maximum atomic E-state index is 11.9. The maximum Gasteiger partial charge on any atom is 0.330 e. The zero-order valence-corrected chi connectivity index (χ0v) is 12.4. The zero-order chi connectivity index (χ0) is 15.0. The molecule has 1 aliphatic carbocycles. The highest BCUT2D eigenvalue weighted by Crippen LogP contribution is 2.34. The van der Waals surface area contributed by atoms with Crippen LogP contribution < -0.4 is 5.32 Å². The second kappa shape index (κ2) is 5.08. The van der Waals surface area contributed by atoms with Crippen LogP contribution in [0.15, 0.2) is 42.5 Å². The van der Waals surface area contributed by atoms with Crippen LogP contribution >= 0.6 is 11.6 Å². The van der Waals surface area contributed by atoms with Crippen molar-refractivity contribution in [3.05, 3.63) is 64.2 Å². The van der Waals surface area contributed by atoms with Crippen LogP contribution in [0.2, 0.25) is 5.02 Å². The van der Waals surface area contributed by atoms with E-state index in [4.69, 9.17) is 11.6 Å². The van der Waals surface area contributed by atoms with E-state index in [0.717, 1.165) is 22.4 Å². The first-order valence-electron chi connectivity index (χ1n) is 6.84. The number of aliphatic carboxylic acids is 1. The molecule has 2 N–H and O–H groups in total. The molecule has 0 saturated carbocycles. The Hall–Kier alpha value is -2.00. The van der Waals surface area contributed by atoms with Crippen molar-refractivity contribution in [2.75, 3.05) is 5.32 Å². The number of carboxylic acids is 1. The molecule has 108 valence electrons. The van der Waals surface area contributed by atoms with Crippen molar-refractivity contribution in [1.29, 1.82) is 0 Å². The lowest BCUT2D eigenvalue weighted by Gasteiger charge is -2.26. The smallest absolute Gasteiger partial charge is 0.330 e. The molecular formula is C17H16ClNO2. The van der Waals surface area contributed by atoms with Gasteiger partial charge >= 0.3 is 5.97 Å². The Bertz CT molecular complexity index is 696. The van der Waals surface area contributed by atoms with Crippen LogP contribution in [0, 0.1) is 6.92 Å². The Morgan fingerprint density at radius 1 is 1.14 bits per heavy atom. The lowest BCUT2D eigenvalue weighted by Crippen LogP contribution is -2.47. The summed E-state index contributed by atoms with van der Waals surface area (Å²) in [6.45, 7) is 2.00. The summed E-state index contributed by atoms with van der Waals surface area (Å²) in [5.74, 6) is -0.838. The lowest BCUT2D eigenvalue weighted by molar-refractivity contribution is -0.142. The molecular weight excluding hydrogens is 286 g/mol. The Morgan fingerprint density at radius 2 is 1.81 bits per heavy atom. The summed E-state index contributed by atoms with van der Waals surface area (Å²) >= 11 is 6.01. The predicted octanol–water partition coefficient (Wildman–Crippen LogP) is 3.68. The molecule has 0 aliphatic heterocycles. The van der Waals surface area contributed by atoms with E-state index < -0.39 is 11.5 Å². The third-order valence-corrected chi connectivity index (χ3v) is 4.23. The molecule has 3 nitrogen and oxygen atoms in total. The monoisotopic (exact) mass is 301 g/mol. The van der Waals surface area contributed by atoms with Gasteiger partial charge in [-0.1, -0.05) is 35.4 Å². The van der Waals surface area contributed by atoms with Gasteiger partial charge in [-0.3, -0.25) is 0 Å². The summed E-state index contributed by atoms with van der Waals surface area (Å²) in [5, 5.41) is 13.6. The zero-order valence-electron chi connectivity index (χ0n) is 11.7. The van der Waals surface area contributed by atoms with Gasteiger partial charge in [0.05, 0.1) is 0 Å². The number of carboxylic acid groups (broad SMARTS) is 1. The van der Waals surface area contributed by atoms with E-state index in [1.807, 2.05) is 49.4 Å². The maximum absolute atomic E-state index is 11.9. The van der Waals surface area contributed by atoms with Crippen molar-refractivity contribution in [2.24, 2.45) is 0 Å². The molecule has 21 heavy (non-hydrogen) atoms. The van der Waals surface area contributed by atoms with Gasteiger partial charge in [0.1, 0.15) is 5.54 Å². The molecule has 1 atom stereocenters. The van der Waals surface area contributed by atoms with Crippen LogP contribution in [0.3, 0.4) is 0 Å². The van der Waals surface area contributed by atoms with Crippen LogP contribution in [0.1, 0.15) is 16.7 Å². The summed E-state index contributed by atoms with van der Waals surface area (Å²) in [4.78, 5) is 11.9. The molecule has 0 spiro atoms. The Labute approximate surface area is 128 Å². The molecule has 2 aromatic carbocycles. The van der Waals surface area contributed by atoms with E-state index in [9.17, 15) is 9.90 Å². The molecule has 1 aliphatic rings. The van der Waals surface area contributed by atoms with Gasteiger partial charge in [0.25, 0.3) is 0 Å². The van der Waals surface area contributed by atoms with Gasteiger partial charge in [0.2, 0.25) is 0 Å². The van der Waals surface area contributed by atoms with Crippen LogP contribution in [-0.4, -0.2) is 16.6 Å². The second-order valence-electron chi connectivity index (χ2n) is 5.64. The van der Waals surface area contributed by atoms with Crippen LogP contribution in [0.5, 0.6) is 0 Å². The highest BCUT2D eigenvalue weighted by molar-refractivity contribution is 6.30. The molecule has 0 radical (unpaired) electrons. The van der Waals surface area contributed by atoms with Crippen molar-refractivity contribution < 1.29 is 9.90 Å². The fraction of sp³-hybridized carbons (Fsp3) is 0.235. The first-order valence-corrected chi connectivity index (χ1v) is 7.22. The van der Waals surface area contributed by atoms with E-state index in [2.05, 4.69) is 5.32 Å². The highest BCUT2D eigenvalue weighted by Gasteiger charge is 2.44. The molecule has 0 amide bonds. The SMILES string of the molecule is Cc1ccc(NC2(C(=O)O)Cc3ccc(Cl)cc3C2)cc1. The Kier molecular flexibility index (Phi) is 3.38. The van der Waals surface area contributed by atoms with Crippen molar-refractivity contribution in [3.8, 4) is 0 Å². The second-order valence-corrected chi connectivity index (χ2v) is 6.08. The van der Waals surface area contributed by atoms with E-state index in [1.54, 1.807) is 0 Å². The number of anilines is 1. The van der Waals surface area contributed by atoms with Gasteiger partial charge in [0, 0.05) is 23.6 Å². The number of rotatable bonds is 3. The lowest BCUT2D eigenvalue weighted by atomic mass is 9.95. The van der Waals surface area contributed by atoms with Crippen molar-refractivity contribution in [2.45, 2.75) is 25.3 Å². The number of nitrogens with one attached hydrogen (secondary N) is 1. The number of halogens is 1. The van der Waals surface area contributed by atoms with E-state index in [-0.39, 0.29) is 0 Å². The van der Waals surface area contributed by atoms with Crippen molar-refractivity contribution in [1.82, 2.24) is 0 Å². The molecule has 4 heteroatoms.